The average Bonchev–Trinajstić information content (AvgIpc) is 3.71. The molecule has 0 aromatic carbocycles. The Hall–Kier alpha value is -4.18. The van der Waals surface area contributed by atoms with Crippen molar-refractivity contribution < 1.29 is 26.7 Å². The van der Waals surface area contributed by atoms with Gasteiger partial charge in [-0.3, -0.25) is 4.98 Å². The molecular weight excluding hydrogens is 587 g/mol. The highest BCUT2D eigenvalue weighted by Gasteiger charge is 2.38. The van der Waals surface area contributed by atoms with Gasteiger partial charge in [-0.1, -0.05) is 0 Å². The van der Waals surface area contributed by atoms with Crippen molar-refractivity contribution in [1.29, 1.82) is 0 Å². The molecule has 12 nitrogen and oxygen atoms in total. The molecule has 0 saturated heterocycles. The fourth-order valence-corrected chi connectivity index (χ4v) is 6.32. The summed E-state index contributed by atoms with van der Waals surface area (Å²) < 4.78 is 65.1. The molecule has 0 aliphatic heterocycles. The Kier molecular flexibility index (Phi) is 7.28. The normalized spacial score (nSPS) is 21.0. The SMILES string of the molecule is CC1(O)CCC(Nc2cc(Nc3ccnc(-c4cnn(S(=O)(=O)C5CC5)c4)n3)ncc2-c2cnc(C(F)(F)F)cn2)CC1. The zero-order chi connectivity index (χ0) is 30.4. The Morgan fingerprint density at radius 2 is 1.77 bits per heavy atom. The standard InChI is InChI=1S/C27H28F3N9O3S/c1-26(40)7-4-17(5-8-26)36-20-10-24(34-12-19(20)21-13-33-22(14-32-21)27(28,29)30)37-23-6-9-31-25(38-23)16-11-35-39(15-16)43(41,42)18-2-3-18/h6,9-15,17-18,40H,2-5,7-8H2,1H3,(H2,31,34,36,37,38). The third-order valence-electron chi connectivity index (χ3n) is 7.48. The number of anilines is 3. The summed E-state index contributed by atoms with van der Waals surface area (Å²) in [5.41, 5.74) is -0.182. The quantitative estimate of drug-likeness (QED) is 0.258. The van der Waals surface area contributed by atoms with E-state index in [2.05, 4.69) is 40.7 Å². The van der Waals surface area contributed by atoms with E-state index in [4.69, 9.17) is 0 Å². The molecule has 0 bridgehead atoms. The van der Waals surface area contributed by atoms with Gasteiger partial charge < -0.3 is 15.7 Å². The Morgan fingerprint density at radius 1 is 1.00 bits per heavy atom. The first-order chi connectivity index (χ1) is 20.4. The van der Waals surface area contributed by atoms with E-state index >= 15 is 0 Å². The minimum Gasteiger partial charge on any atom is -0.390 e. The summed E-state index contributed by atoms with van der Waals surface area (Å²) >= 11 is 0. The minimum absolute atomic E-state index is 0.00531. The Balaban J connectivity index is 1.27. The van der Waals surface area contributed by atoms with Crippen molar-refractivity contribution in [3.8, 4) is 22.6 Å². The van der Waals surface area contributed by atoms with Crippen LogP contribution in [0.4, 0.5) is 30.5 Å². The van der Waals surface area contributed by atoms with E-state index in [0.29, 0.717) is 73.2 Å². The van der Waals surface area contributed by atoms with E-state index in [1.807, 2.05) is 0 Å². The van der Waals surface area contributed by atoms with Crippen LogP contribution in [-0.2, 0) is 16.2 Å². The first kappa shape index (κ1) is 28.9. The molecule has 43 heavy (non-hydrogen) atoms. The molecule has 2 fully saturated rings. The van der Waals surface area contributed by atoms with Crippen LogP contribution in [-0.4, -0.2) is 64.5 Å². The second-order valence-electron chi connectivity index (χ2n) is 11.1. The average molecular weight is 616 g/mol. The maximum Gasteiger partial charge on any atom is 0.434 e. The van der Waals surface area contributed by atoms with Gasteiger partial charge in [-0.15, -0.1) is 0 Å². The number of pyridine rings is 1. The molecule has 6 rings (SSSR count). The van der Waals surface area contributed by atoms with Crippen LogP contribution in [0.25, 0.3) is 22.6 Å². The largest absolute Gasteiger partial charge is 0.434 e. The van der Waals surface area contributed by atoms with Gasteiger partial charge in [0, 0.05) is 35.8 Å². The van der Waals surface area contributed by atoms with Crippen molar-refractivity contribution in [2.75, 3.05) is 10.6 Å². The second-order valence-corrected chi connectivity index (χ2v) is 13.1. The Bertz CT molecular complexity index is 1730. The Labute approximate surface area is 244 Å². The van der Waals surface area contributed by atoms with Gasteiger partial charge in [0.05, 0.1) is 46.9 Å². The molecule has 0 atom stereocenters. The van der Waals surface area contributed by atoms with Crippen LogP contribution in [0.5, 0.6) is 0 Å². The summed E-state index contributed by atoms with van der Waals surface area (Å²) in [6, 6.07) is 3.32. The summed E-state index contributed by atoms with van der Waals surface area (Å²) in [6.45, 7) is 1.80. The molecule has 0 unspecified atom stereocenters. The van der Waals surface area contributed by atoms with Gasteiger partial charge in [0.25, 0.3) is 10.0 Å². The first-order valence-corrected chi connectivity index (χ1v) is 15.2. The number of nitrogens with zero attached hydrogens (tertiary/aromatic N) is 7. The molecule has 0 spiro atoms. The van der Waals surface area contributed by atoms with E-state index in [1.165, 1.54) is 24.8 Å². The summed E-state index contributed by atoms with van der Waals surface area (Å²) in [6.07, 6.45) is 6.70. The summed E-state index contributed by atoms with van der Waals surface area (Å²) in [7, 11) is -3.53. The molecule has 4 heterocycles. The van der Waals surface area contributed by atoms with E-state index in [0.717, 1.165) is 10.3 Å². The van der Waals surface area contributed by atoms with Gasteiger partial charge in [0.1, 0.15) is 11.6 Å². The molecule has 3 N–H and O–H groups in total. The van der Waals surface area contributed by atoms with Crippen molar-refractivity contribution in [3.05, 3.63) is 55.0 Å². The van der Waals surface area contributed by atoms with Crippen LogP contribution in [0.15, 0.2) is 49.3 Å². The van der Waals surface area contributed by atoms with Crippen molar-refractivity contribution >= 4 is 27.3 Å². The lowest BCUT2D eigenvalue weighted by atomic mass is 9.83. The number of nitrogens with one attached hydrogen (secondary N) is 2. The highest BCUT2D eigenvalue weighted by Crippen LogP contribution is 2.35. The molecule has 2 saturated carbocycles. The molecule has 4 aromatic rings. The Morgan fingerprint density at radius 3 is 2.44 bits per heavy atom. The molecule has 0 radical (unpaired) electrons. The predicted molar refractivity (Wildman–Crippen MR) is 151 cm³/mol. The molecular formula is C27H28F3N9O3S. The first-order valence-electron chi connectivity index (χ1n) is 13.7. The van der Waals surface area contributed by atoms with Gasteiger partial charge in [-0.2, -0.15) is 22.4 Å². The molecule has 2 aliphatic rings. The highest BCUT2D eigenvalue weighted by molar-refractivity contribution is 7.90. The number of aromatic nitrogens is 7. The third kappa shape index (κ3) is 6.44. The topological polar surface area (TPSA) is 161 Å². The maximum absolute atomic E-state index is 13.1. The summed E-state index contributed by atoms with van der Waals surface area (Å²) in [5.74, 6) is 1.01. The van der Waals surface area contributed by atoms with Gasteiger partial charge in [-0.05, 0) is 51.5 Å². The number of alkyl halides is 3. The van der Waals surface area contributed by atoms with E-state index in [9.17, 15) is 26.7 Å². The highest BCUT2D eigenvalue weighted by atomic mass is 32.2. The van der Waals surface area contributed by atoms with Crippen LogP contribution in [0.2, 0.25) is 0 Å². The molecule has 4 aromatic heterocycles. The molecule has 226 valence electrons. The molecule has 2 aliphatic carbocycles. The third-order valence-corrected chi connectivity index (χ3v) is 9.52. The minimum atomic E-state index is -4.61. The fourth-order valence-electron chi connectivity index (χ4n) is 4.84. The lowest BCUT2D eigenvalue weighted by Gasteiger charge is -2.34. The monoisotopic (exact) mass is 615 g/mol. The zero-order valence-corrected chi connectivity index (χ0v) is 23.8. The van der Waals surface area contributed by atoms with Gasteiger partial charge >= 0.3 is 6.18 Å². The predicted octanol–water partition coefficient (Wildman–Crippen LogP) is 4.40. The maximum atomic E-state index is 13.1. The summed E-state index contributed by atoms with van der Waals surface area (Å²) in [5, 5.41) is 20.5. The zero-order valence-electron chi connectivity index (χ0n) is 23.0. The van der Waals surface area contributed by atoms with Crippen molar-refractivity contribution in [2.45, 2.75) is 68.5 Å². The molecule has 16 heteroatoms. The molecule has 0 amide bonds. The van der Waals surface area contributed by atoms with Crippen molar-refractivity contribution in [3.63, 3.8) is 0 Å². The fraction of sp³-hybridized carbons (Fsp3) is 0.407. The summed E-state index contributed by atoms with van der Waals surface area (Å²) in [4.78, 5) is 20.7. The number of hydrogen-bond acceptors (Lipinski definition) is 11. The van der Waals surface area contributed by atoms with E-state index in [-0.39, 0.29) is 17.6 Å². The number of halogens is 3. The number of hydrogen-bond donors (Lipinski definition) is 3. The van der Waals surface area contributed by atoms with Gasteiger partial charge in [0.2, 0.25) is 0 Å². The second kappa shape index (κ2) is 10.8. The number of rotatable bonds is 8. The van der Waals surface area contributed by atoms with Crippen molar-refractivity contribution in [1.82, 2.24) is 34.1 Å². The van der Waals surface area contributed by atoms with Crippen molar-refractivity contribution in [2.24, 2.45) is 0 Å². The van der Waals surface area contributed by atoms with Gasteiger partial charge in [0.15, 0.2) is 11.5 Å². The van der Waals surface area contributed by atoms with Crippen LogP contribution in [0.3, 0.4) is 0 Å². The van der Waals surface area contributed by atoms with Crippen LogP contribution < -0.4 is 10.6 Å². The lowest BCUT2D eigenvalue weighted by molar-refractivity contribution is -0.141. The lowest BCUT2D eigenvalue weighted by Crippen LogP contribution is -2.35. The number of aliphatic hydroxyl groups is 1. The smallest absolute Gasteiger partial charge is 0.390 e. The van der Waals surface area contributed by atoms with Crippen LogP contribution in [0, 0.1) is 0 Å². The van der Waals surface area contributed by atoms with Gasteiger partial charge in [-0.25, -0.2) is 28.4 Å². The van der Waals surface area contributed by atoms with Crippen LogP contribution in [0.1, 0.15) is 51.1 Å². The van der Waals surface area contributed by atoms with E-state index < -0.39 is 32.7 Å². The van der Waals surface area contributed by atoms with Crippen LogP contribution >= 0.6 is 0 Å². The van der Waals surface area contributed by atoms with E-state index in [1.54, 1.807) is 19.1 Å².